The van der Waals surface area contributed by atoms with Crippen molar-refractivity contribution in [3.63, 3.8) is 0 Å². The van der Waals surface area contributed by atoms with E-state index in [0.717, 1.165) is 11.1 Å². The van der Waals surface area contributed by atoms with E-state index >= 15 is 0 Å². The summed E-state index contributed by atoms with van der Waals surface area (Å²) in [5.41, 5.74) is 1.73. The first-order valence-electron chi connectivity index (χ1n) is 7.78. The molecule has 0 saturated heterocycles. The standard InChI is InChI=1S/C21H19NO3/c1-2-15-25-21(24)19(16-18-11-7-4-8-12-18)22-20(23)14-13-17-9-5-3-6-10-17/h2-14,16H,1,15H2,(H,22,23)/b14-13+,19-16+. The second-order valence-electron chi connectivity index (χ2n) is 5.09. The fourth-order valence-electron chi connectivity index (χ4n) is 1.98. The number of amides is 1. The highest BCUT2D eigenvalue weighted by molar-refractivity contribution is 6.02. The third-order valence-electron chi connectivity index (χ3n) is 3.15. The van der Waals surface area contributed by atoms with Gasteiger partial charge in [-0.05, 0) is 23.3 Å². The Labute approximate surface area is 147 Å². The van der Waals surface area contributed by atoms with Crippen molar-refractivity contribution < 1.29 is 14.3 Å². The molecule has 2 aromatic carbocycles. The summed E-state index contributed by atoms with van der Waals surface area (Å²) < 4.78 is 5.03. The summed E-state index contributed by atoms with van der Waals surface area (Å²) in [6, 6.07) is 18.6. The van der Waals surface area contributed by atoms with Crippen molar-refractivity contribution >= 4 is 24.0 Å². The van der Waals surface area contributed by atoms with Gasteiger partial charge in [0.2, 0.25) is 5.91 Å². The first kappa shape index (κ1) is 17.9. The number of carbonyl (C=O) groups excluding carboxylic acids is 2. The summed E-state index contributed by atoms with van der Waals surface area (Å²) in [5.74, 6) is -1.04. The van der Waals surface area contributed by atoms with Crippen LogP contribution in [-0.2, 0) is 14.3 Å². The first-order valence-corrected chi connectivity index (χ1v) is 7.78. The lowest BCUT2D eigenvalue weighted by Crippen LogP contribution is -2.27. The zero-order valence-electron chi connectivity index (χ0n) is 13.7. The molecule has 0 bridgehead atoms. The molecule has 4 heteroatoms. The monoisotopic (exact) mass is 333 g/mol. The minimum atomic E-state index is -0.620. The van der Waals surface area contributed by atoms with Crippen molar-refractivity contribution in [2.75, 3.05) is 6.61 Å². The number of carbonyl (C=O) groups is 2. The highest BCUT2D eigenvalue weighted by Gasteiger charge is 2.13. The molecule has 2 aromatic rings. The number of benzene rings is 2. The normalized spacial score (nSPS) is 11.1. The summed E-state index contributed by atoms with van der Waals surface area (Å²) >= 11 is 0. The molecule has 0 saturated carbocycles. The van der Waals surface area contributed by atoms with Crippen LogP contribution in [0.4, 0.5) is 0 Å². The smallest absolute Gasteiger partial charge is 0.355 e. The van der Waals surface area contributed by atoms with Crippen molar-refractivity contribution in [2.45, 2.75) is 0 Å². The predicted octanol–water partition coefficient (Wildman–Crippen LogP) is 3.59. The fraction of sp³-hybridized carbons (Fsp3) is 0.0476. The Balaban J connectivity index is 2.13. The molecule has 0 aliphatic carbocycles. The minimum Gasteiger partial charge on any atom is -0.457 e. The van der Waals surface area contributed by atoms with E-state index in [-0.39, 0.29) is 12.3 Å². The van der Waals surface area contributed by atoms with Crippen LogP contribution in [0.25, 0.3) is 12.2 Å². The number of hydrogen-bond donors (Lipinski definition) is 1. The van der Waals surface area contributed by atoms with Gasteiger partial charge in [-0.1, -0.05) is 73.3 Å². The number of nitrogens with one attached hydrogen (secondary N) is 1. The molecule has 0 aromatic heterocycles. The van der Waals surface area contributed by atoms with E-state index in [4.69, 9.17) is 4.74 Å². The molecule has 4 nitrogen and oxygen atoms in total. The highest BCUT2D eigenvalue weighted by atomic mass is 16.5. The molecule has 0 spiro atoms. The Morgan fingerprint density at radius 1 is 0.960 bits per heavy atom. The van der Waals surface area contributed by atoms with Crippen LogP contribution in [0.3, 0.4) is 0 Å². The second-order valence-corrected chi connectivity index (χ2v) is 5.09. The van der Waals surface area contributed by atoms with E-state index in [1.807, 2.05) is 60.7 Å². The number of rotatable bonds is 7. The molecule has 0 heterocycles. The molecule has 0 unspecified atom stereocenters. The van der Waals surface area contributed by atoms with Crippen molar-refractivity contribution in [2.24, 2.45) is 0 Å². The van der Waals surface area contributed by atoms with E-state index in [0.29, 0.717) is 0 Å². The van der Waals surface area contributed by atoms with Gasteiger partial charge in [-0.15, -0.1) is 0 Å². The lowest BCUT2D eigenvalue weighted by Gasteiger charge is -2.08. The largest absolute Gasteiger partial charge is 0.457 e. The van der Waals surface area contributed by atoms with Crippen molar-refractivity contribution in [1.29, 1.82) is 0 Å². The maximum atomic E-state index is 12.1. The zero-order chi connectivity index (χ0) is 17.9. The zero-order valence-corrected chi connectivity index (χ0v) is 13.7. The van der Waals surface area contributed by atoms with Gasteiger partial charge in [-0.3, -0.25) is 4.79 Å². The molecule has 25 heavy (non-hydrogen) atoms. The van der Waals surface area contributed by atoms with Gasteiger partial charge >= 0.3 is 5.97 Å². The van der Waals surface area contributed by atoms with Gasteiger partial charge in [0, 0.05) is 6.08 Å². The van der Waals surface area contributed by atoms with Crippen LogP contribution in [0.2, 0.25) is 0 Å². The Hall–Kier alpha value is -3.40. The first-order chi connectivity index (χ1) is 12.2. The van der Waals surface area contributed by atoms with Gasteiger partial charge in [0.25, 0.3) is 0 Å². The molecular weight excluding hydrogens is 314 g/mol. The number of ether oxygens (including phenoxy) is 1. The van der Waals surface area contributed by atoms with Gasteiger partial charge in [-0.25, -0.2) is 4.79 Å². The van der Waals surface area contributed by atoms with E-state index in [1.54, 1.807) is 12.2 Å². The molecule has 0 aliphatic heterocycles. The summed E-state index contributed by atoms with van der Waals surface area (Å²) in [6.07, 6.45) is 6.08. The third kappa shape index (κ3) is 6.31. The maximum absolute atomic E-state index is 12.1. The lowest BCUT2D eigenvalue weighted by molar-refractivity contribution is -0.139. The second kappa shape index (κ2) is 9.67. The number of esters is 1. The average molecular weight is 333 g/mol. The van der Waals surface area contributed by atoms with Crippen LogP contribution < -0.4 is 5.32 Å². The third-order valence-corrected chi connectivity index (χ3v) is 3.15. The van der Waals surface area contributed by atoms with Gasteiger partial charge in [-0.2, -0.15) is 0 Å². The summed E-state index contributed by atoms with van der Waals surface area (Å²) in [7, 11) is 0. The molecule has 0 aliphatic rings. The molecule has 126 valence electrons. The maximum Gasteiger partial charge on any atom is 0.355 e. The lowest BCUT2D eigenvalue weighted by atomic mass is 10.2. The minimum absolute atomic E-state index is 0.0655. The van der Waals surface area contributed by atoms with Crippen molar-refractivity contribution in [3.05, 3.63) is 96.2 Å². The van der Waals surface area contributed by atoms with Crippen LogP contribution in [0.15, 0.2) is 85.1 Å². The van der Waals surface area contributed by atoms with Crippen LogP contribution >= 0.6 is 0 Å². The molecule has 2 rings (SSSR count). The average Bonchev–Trinajstić information content (AvgIpc) is 2.65. The topological polar surface area (TPSA) is 55.4 Å². The van der Waals surface area contributed by atoms with E-state index in [1.165, 1.54) is 12.2 Å². The Morgan fingerprint density at radius 3 is 2.16 bits per heavy atom. The highest BCUT2D eigenvalue weighted by Crippen LogP contribution is 2.07. The Morgan fingerprint density at radius 2 is 1.56 bits per heavy atom. The van der Waals surface area contributed by atoms with E-state index in [9.17, 15) is 9.59 Å². The Bertz CT molecular complexity index is 777. The fourth-order valence-corrected chi connectivity index (χ4v) is 1.98. The quantitative estimate of drug-likeness (QED) is 0.479. The van der Waals surface area contributed by atoms with Crippen molar-refractivity contribution in [1.82, 2.24) is 5.32 Å². The summed E-state index contributed by atoms with van der Waals surface area (Å²) in [4.78, 5) is 24.3. The molecular formula is C21H19NO3. The van der Waals surface area contributed by atoms with Gasteiger partial charge < -0.3 is 10.1 Å². The van der Waals surface area contributed by atoms with Gasteiger partial charge in [0.1, 0.15) is 12.3 Å². The van der Waals surface area contributed by atoms with Crippen molar-refractivity contribution in [3.8, 4) is 0 Å². The van der Waals surface area contributed by atoms with Gasteiger partial charge in [0.15, 0.2) is 0 Å². The van der Waals surface area contributed by atoms with E-state index in [2.05, 4.69) is 11.9 Å². The summed E-state index contributed by atoms with van der Waals surface area (Å²) in [6.45, 7) is 3.57. The molecule has 1 N–H and O–H groups in total. The van der Waals surface area contributed by atoms with Gasteiger partial charge in [0.05, 0.1) is 0 Å². The van der Waals surface area contributed by atoms with Crippen LogP contribution in [0.1, 0.15) is 11.1 Å². The van der Waals surface area contributed by atoms with Crippen LogP contribution in [0, 0.1) is 0 Å². The molecule has 0 atom stereocenters. The molecule has 0 fully saturated rings. The van der Waals surface area contributed by atoms with E-state index < -0.39 is 11.9 Å². The predicted molar refractivity (Wildman–Crippen MR) is 99.2 cm³/mol. The molecule has 0 radical (unpaired) electrons. The van der Waals surface area contributed by atoms with Crippen LogP contribution in [0.5, 0.6) is 0 Å². The molecule has 1 amide bonds. The summed E-state index contributed by atoms with van der Waals surface area (Å²) in [5, 5.41) is 2.57. The SMILES string of the molecule is C=CCOC(=O)/C(=C\c1ccccc1)NC(=O)/C=C/c1ccccc1. The number of hydrogen-bond acceptors (Lipinski definition) is 3. The Kier molecular flexibility index (Phi) is 6.95. The van der Waals surface area contributed by atoms with Crippen LogP contribution in [-0.4, -0.2) is 18.5 Å².